The summed E-state index contributed by atoms with van der Waals surface area (Å²) in [6, 6.07) is 0. The van der Waals surface area contributed by atoms with E-state index in [0.717, 1.165) is 61.7 Å². The minimum Gasteiger partial charge on any atom is -0.317 e. The van der Waals surface area contributed by atoms with E-state index >= 15 is 0 Å². The minimum atomic E-state index is 0.909. The Kier molecular flexibility index (Phi) is 29.9. The highest BCUT2D eigenvalue weighted by Gasteiger charge is 2.37. The number of rotatable bonds is 44. The third-order valence-electron chi connectivity index (χ3n) is 11.9. The second-order valence-corrected chi connectivity index (χ2v) is 16.9. The van der Waals surface area contributed by atoms with E-state index in [1.165, 1.54) is 201 Å². The van der Waals surface area contributed by atoms with E-state index in [4.69, 9.17) is 0 Å². The summed E-state index contributed by atoms with van der Waals surface area (Å²) in [5.41, 5.74) is 0. The Morgan fingerprint density at radius 3 is 0.604 bits per heavy atom. The number of hydrogen-bond donors (Lipinski definition) is 10. The second kappa shape index (κ2) is 33.7. The van der Waals surface area contributed by atoms with Crippen LogP contribution in [0.3, 0.4) is 0 Å². The van der Waals surface area contributed by atoms with Gasteiger partial charge < -0.3 is 53.2 Å². The van der Waals surface area contributed by atoms with Crippen molar-refractivity contribution in [1.29, 1.82) is 0 Å². The fourth-order valence-electron chi connectivity index (χ4n) is 7.76. The van der Waals surface area contributed by atoms with Crippen molar-refractivity contribution in [3.05, 3.63) is 0 Å². The van der Waals surface area contributed by atoms with Gasteiger partial charge in [0.25, 0.3) is 0 Å². The first-order chi connectivity index (χ1) is 26.3. The van der Waals surface area contributed by atoms with Gasteiger partial charge in [-0.25, -0.2) is 0 Å². The van der Waals surface area contributed by atoms with E-state index in [1.54, 1.807) is 0 Å². The number of hydrogen-bond acceptors (Lipinski definition) is 10. The first kappa shape index (κ1) is 47.0. The molecule has 0 saturated heterocycles. The molecular weight excluding hydrogens is 657 g/mol. The van der Waals surface area contributed by atoms with Gasteiger partial charge in [-0.15, -0.1) is 0 Å². The number of nitrogens with one attached hydrogen (secondary N) is 10. The Balaban J connectivity index is 0.909. The average molecular weight is 749 g/mol. The van der Waals surface area contributed by atoms with E-state index in [9.17, 15) is 0 Å². The molecule has 0 unspecified atom stereocenters. The summed E-state index contributed by atoms with van der Waals surface area (Å²) in [4.78, 5) is 0. The molecule has 0 aliphatic heterocycles. The van der Waals surface area contributed by atoms with E-state index in [-0.39, 0.29) is 0 Å². The molecule has 3 saturated carbocycles. The largest absolute Gasteiger partial charge is 0.317 e. The first-order valence-corrected chi connectivity index (χ1v) is 23.4. The molecule has 6 atom stereocenters. The molecule has 0 aromatic rings. The van der Waals surface area contributed by atoms with Gasteiger partial charge in [-0.2, -0.15) is 0 Å². The van der Waals surface area contributed by atoms with Crippen LogP contribution in [0.25, 0.3) is 0 Å². The van der Waals surface area contributed by atoms with E-state index in [2.05, 4.69) is 67.0 Å². The summed E-state index contributed by atoms with van der Waals surface area (Å²) < 4.78 is 0. The lowest BCUT2D eigenvalue weighted by molar-refractivity contribution is 0.516. The van der Waals surface area contributed by atoms with Crippen LogP contribution >= 0.6 is 0 Å². The van der Waals surface area contributed by atoms with Gasteiger partial charge in [-0.05, 0) is 263 Å². The Morgan fingerprint density at radius 1 is 0.245 bits per heavy atom. The van der Waals surface area contributed by atoms with Gasteiger partial charge in [0, 0.05) is 0 Å². The molecule has 0 amide bonds. The zero-order chi connectivity index (χ0) is 37.3. The molecule has 3 rings (SSSR count). The molecule has 10 nitrogen and oxygen atoms in total. The normalized spacial score (nSPS) is 23.2. The molecule has 3 aliphatic rings. The fraction of sp³-hybridized carbons (Fsp3) is 1.00. The maximum absolute atomic E-state index is 3.73. The molecule has 10 heteroatoms. The van der Waals surface area contributed by atoms with Crippen molar-refractivity contribution in [1.82, 2.24) is 53.2 Å². The summed E-state index contributed by atoms with van der Waals surface area (Å²) in [5, 5.41) is 36.3. The second-order valence-electron chi connectivity index (χ2n) is 16.9. The minimum absolute atomic E-state index is 0.909. The maximum Gasteiger partial charge on any atom is -0.00173 e. The van der Waals surface area contributed by atoms with Crippen LogP contribution < -0.4 is 53.2 Å². The Hall–Kier alpha value is -0.400. The lowest BCUT2D eigenvalue weighted by Crippen LogP contribution is -2.25. The van der Waals surface area contributed by atoms with Crippen LogP contribution in [-0.2, 0) is 0 Å². The molecular formula is C43H92N10. The Labute approximate surface area is 329 Å². The summed E-state index contributed by atoms with van der Waals surface area (Å²) in [7, 11) is 0. The standard InChI is InChI=1S/C43H92N10/c1-3-44-17-5-11-23-48-32-38-29-40(38)34-50-25-13-7-19-46-21-9-15-27-52-36-42-31-43(42)37-53-28-16-10-22-47-20-8-14-26-51-35-41-30-39(41)33-49-24-12-6-18-45-4-2/h38-53H,3-37H2,1-2H3/t38-,39-,40-,41-,42-,43-/m0/s1. The first-order valence-electron chi connectivity index (χ1n) is 23.4. The maximum atomic E-state index is 3.73. The molecule has 3 aliphatic carbocycles. The molecule has 3 fully saturated rings. The predicted octanol–water partition coefficient (Wildman–Crippen LogP) is 3.51. The van der Waals surface area contributed by atoms with Crippen molar-refractivity contribution in [2.45, 2.75) is 110 Å². The van der Waals surface area contributed by atoms with Gasteiger partial charge in [0.1, 0.15) is 0 Å². The van der Waals surface area contributed by atoms with Crippen LogP contribution in [0.15, 0.2) is 0 Å². The lowest BCUT2D eigenvalue weighted by atomic mass is 10.2. The van der Waals surface area contributed by atoms with Crippen LogP contribution in [0.5, 0.6) is 0 Å². The number of unbranched alkanes of at least 4 members (excludes halogenated alkanes) is 6. The van der Waals surface area contributed by atoms with Gasteiger partial charge in [0.15, 0.2) is 0 Å². The topological polar surface area (TPSA) is 120 Å². The summed E-state index contributed by atoms with van der Waals surface area (Å²) in [5.74, 6) is 5.49. The summed E-state index contributed by atoms with van der Waals surface area (Å²) in [6.45, 7) is 28.0. The Morgan fingerprint density at radius 2 is 0.415 bits per heavy atom. The van der Waals surface area contributed by atoms with Crippen molar-refractivity contribution in [2.24, 2.45) is 35.5 Å². The Bertz CT molecular complexity index is 728. The molecule has 10 N–H and O–H groups in total. The van der Waals surface area contributed by atoms with Gasteiger partial charge in [0.05, 0.1) is 0 Å². The van der Waals surface area contributed by atoms with Gasteiger partial charge in [0.2, 0.25) is 0 Å². The van der Waals surface area contributed by atoms with Gasteiger partial charge in [-0.1, -0.05) is 13.8 Å². The van der Waals surface area contributed by atoms with Crippen molar-refractivity contribution < 1.29 is 0 Å². The quantitative estimate of drug-likeness (QED) is 0.0425. The van der Waals surface area contributed by atoms with Crippen molar-refractivity contribution in [2.75, 3.05) is 131 Å². The lowest BCUT2D eigenvalue weighted by Gasteiger charge is -2.08. The highest BCUT2D eigenvalue weighted by atomic mass is 14.9. The monoisotopic (exact) mass is 749 g/mol. The molecule has 0 spiro atoms. The third kappa shape index (κ3) is 27.8. The molecule has 0 radical (unpaired) electrons. The fourth-order valence-corrected chi connectivity index (χ4v) is 7.76. The summed E-state index contributed by atoms with van der Waals surface area (Å²) in [6.07, 6.45) is 19.7. The van der Waals surface area contributed by atoms with Crippen molar-refractivity contribution >= 4 is 0 Å². The highest BCUT2D eigenvalue weighted by molar-refractivity contribution is 4.90. The van der Waals surface area contributed by atoms with Gasteiger partial charge >= 0.3 is 0 Å². The zero-order valence-electron chi connectivity index (χ0n) is 35.2. The van der Waals surface area contributed by atoms with E-state index in [0.29, 0.717) is 0 Å². The van der Waals surface area contributed by atoms with Gasteiger partial charge in [-0.3, -0.25) is 0 Å². The van der Waals surface area contributed by atoms with Crippen LogP contribution in [-0.4, -0.2) is 131 Å². The third-order valence-corrected chi connectivity index (χ3v) is 11.9. The molecule has 0 aromatic carbocycles. The average Bonchev–Trinajstić information content (AvgIpc) is 4.10. The van der Waals surface area contributed by atoms with Crippen LogP contribution in [0.2, 0.25) is 0 Å². The predicted molar refractivity (Wildman–Crippen MR) is 230 cm³/mol. The molecule has 0 heterocycles. The summed E-state index contributed by atoms with van der Waals surface area (Å²) >= 11 is 0. The van der Waals surface area contributed by atoms with Crippen LogP contribution in [0.1, 0.15) is 110 Å². The van der Waals surface area contributed by atoms with E-state index < -0.39 is 0 Å². The molecule has 314 valence electrons. The molecule has 0 aromatic heterocycles. The smallest absolute Gasteiger partial charge is 0.00173 e. The highest BCUT2D eigenvalue weighted by Crippen LogP contribution is 2.38. The van der Waals surface area contributed by atoms with Crippen LogP contribution in [0.4, 0.5) is 0 Å². The van der Waals surface area contributed by atoms with Crippen molar-refractivity contribution in [3.63, 3.8) is 0 Å². The molecule has 53 heavy (non-hydrogen) atoms. The van der Waals surface area contributed by atoms with Crippen molar-refractivity contribution in [3.8, 4) is 0 Å². The zero-order valence-corrected chi connectivity index (χ0v) is 35.2. The molecule has 0 bridgehead atoms. The van der Waals surface area contributed by atoms with E-state index in [1.807, 2.05) is 0 Å². The van der Waals surface area contributed by atoms with Crippen LogP contribution in [0, 0.1) is 35.5 Å². The SMILES string of the molecule is CCNCCCCNC[C@@H]1C[C@H]1CNCCCCNCCCCNC[C@@H]1C[C@H]1CNCCCCNCCCCNC[C@@H]1C[C@H]1CNCCCCNCC.